The molecule has 7 aromatic carbocycles. The standard InChI is InChI=1S/C45H22B5N3OS/c46-36-35(37(47)39(49)40(50)38(36)48)24-11-6-12-25(21-24)44-51-43(23-9-2-1-3-10-23)52-45(53-44)26-19-20-33-32(22-26)29-15-7-14-28(41(29)54-33)31-17-8-16-30-27-13-4-5-18-34(27)55-42(30)31/h1-22H. The zero-order valence-corrected chi connectivity index (χ0v) is 30.1. The fourth-order valence-electron chi connectivity index (χ4n) is 7.43. The number of para-hydroxylation sites is 1. The molecular weight excluding hydrogens is 685 g/mol. The summed E-state index contributed by atoms with van der Waals surface area (Å²) >= 11 is 1.81. The van der Waals surface area contributed by atoms with Crippen molar-refractivity contribution in [2.24, 2.45) is 0 Å². The van der Waals surface area contributed by atoms with Gasteiger partial charge in [-0.2, -0.15) is 0 Å². The minimum Gasteiger partial charge on any atom is -0.455 e. The molecule has 55 heavy (non-hydrogen) atoms. The summed E-state index contributed by atoms with van der Waals surface area (Å²) in [6.45, 7) is 0. The molecule has 0 saturated heterocycles. The molecule has 244 valence electrons. The maximum absolute atomic E-state index is 6.64. The maximum atomic E-state index is 6.64. The quantitative estimate of drug-likeness (QED) is 0.194. The van der Waals surface area contributed by atoms with E-state index in [1.807, 2.05) is 78.1 Å². The molecule has 0 unspecified atom stereocenters. The first-order chi connectivity index (χ1) is 26.8. The molecule has 0 bridgehead atoms. The van der Waals surface area contributed by atoms with Gasteiger partial charge < -0.3 is 4.42 Å². The smallest absolute Gasteiger partial charge is 0.164 e. The molecule has 0 aliphatic heterocycles. The molecule has 0 spiro atoms. The number of thiophene rings is 1. The predicted octanol–water partition coefficient (Wildman–Crippen LogP) is 6.44. The molecule has 0 aliphatic rings. The molecule has 10 aromatic rings. The van der Waals surface area contributed by atoms with Crippen LogP contribution in [0.1, 0.15) is 0 Å². The van der Waals surface area contributed by atoms with Crippen molar-refractivity contribution >= 4 is 120 Å². The third-order valence-corrected chi connectivity index (χ3v) is 11.4. The second kappa shape index (κ2) is 13.0. The Hall–Kier alpha value is -6.11. The third-order valence-electron chi connectivity index (χ3n) is 10.2. The SMILES string of the molecule is [B]c1c([B])c([B])c(-c2cccc(-c3nc(-c4ccccc4)nc(-c4ccc5oc6c(-c7cccc8c7sc7ccccc78)cccc6c5c4)n3)c2)c([B])c1[B]. The second-order valence-corrected chi connectivity index (χ2v) is 14.5. The van der Waals surface area contributed by atoms with Crippen LogP contribution in [0, 0.1) is 0 Å². The topological polar surface area (TPSA) is 51.8 Å². The molecule has 0 aliphatic carbocycles. The lowest BCUT2D eigenvalue weighted by Crippen LogP contribution is -2.55. The van der Waals surface area contributed by atoms with Gasteiger partial charge in [0.2, 0.25) is 0 Å². The van der Waals surface area contributed by atoms with Crippen LogP contribution in [-0.2, 0) is 0 Å². The van der Waals surface area contributed by atoms with E-state index in [4.69, 9.17) is 58.6 Å². The fourth-order valence-corrected chi connectivity index (χ4v) is 8.66. The van der Waals surface area contributed by atoms with E-state index < -0.39 is 0 Å². The largest absolute Gasteiger partial charge is 0.455 e. The molecule has 0 amide bonds. The summed E-state index contributed by atoms with van der Waals surface area (Å²) in [4.78, 5) is 15.0. The summed E-state index contributed by atoms with van der Waals surface area (Å²) in [5.74, 6) is 1.51. The van der Waals surface area contributed by atoms with Crippen LogP contribution >= 0.6 is 11.3 Å². The molecule has 0 atom stereocenters. The Labute approximate surface area is 327 Å². The minimum atomic E-state index is 0.164. The van der Waals surface area contributed by atoms with Crippen LogP contribution in [0.25, 0.3) is 98.5 Å². The molecule has 10 rings (SSSR count). The molecule has 10 heteroatoms. The number of rotatable bonds is 5. The van der Waals surface area contributed by atoms with Crippen LogP contribution in [0.4, 0.5) is 0 Å². The van der Waals surface area contributed by atoms with E-state index in [-0.39, 0.29) is 27.3 Å². The number of furan rings is 1. The van der Waals surface area contributed by atoms with Gasteiger partial charge in [0.05, 0.1) is 0 Å². The molecule has 4 nitrogen and oxygen atoms in total. The Bertz CT molecular complexity index is 3150. The highest BCUT2D eigenvalue weighted by Crippen LogP contribution is 2.43. The third kappa shape index (κ3) is 5.46. The summed E-state index contributed by atoms with van der Waals surface area (Å²) in [7, 11) is 31.4. The molecule has 3 heterocycles. The van der Waals surface area contributed by atoms with Crippen molar-refractivity contribution < 1.29 is 4.42 Å². The first-order valence-electron chi connectivity index (χ1n) is 17.6. The van der Waals surface area contributed by atoms with Crippen LogP contribution in [0.5, 0.6) is 0 Å². The van der Waals surface area contributed by atoms with Gasteiger partial charge in [-0.25, -0.2) is 15.0 Å². The summed E-state index contributed by atoms with van der Waals surface area (Å²) in [5.41, 5.74) is 8.45. The van der Waals surface area contributed by atoms with Gasteiger partial charge in [-0.3, -0.25) is 0 Å². The highest BCUT2D eigenvalue weighted by molar-refractivity contribution is 7.26. The first-order valence-corrected chi connectivity index (χ1v) is 18.5. The summed E-state index contributed by atoms with van der Waals surface area (Å²) in [6, 6.07) is 44.9. The number of hydrogen-bond acceptors (Lipinski definition) is 5. The monoisotopic (exact) mass is 707 g/mol. The Balaban J connectivity index is 1.13. The van der Waals surface area contributed by atoms with Crippen molar-refractivity contribution in [3.8, 4) is 56.4 Å². The van der Waals surface area contributed by atoms with Gasteiger partial charge in [0.25, 0.3) is 0 Å². The minimum absolute atomic E-state index is 0.164. The van der Waals surface area contributed by atoms with Gasteiger partial charge in [0, 0.05) is 58.8 Å². The van der Waals surface area contributed by atoms with Crippen LogP contribution < -0.4 is 27.3 Å². The van der Waals surface area contributed by atoms with E-state index in [1.54, 1.807) is 0 Å². The zero-order valence-electron chi connectivity index (χ0n) is 29.2. The molecule has 0 saturated carbocycles. The van der Waals surface area contributed by atoms with Crippen molar-refractivity contribution in [3.63, 3.8) is 0 Å². The molecule has 10 radical (unpaired) electrons. The van der Waals surface area contributed by atoms with E-state index in [9.17, 15) is 0 Å². The molecule has 0 fully saturated rings. The highest BCUT2D eigenvalue weighted by Gasteiger charge is 2.19. The van der Waals surface area contributed by atoms with E-state index >= 15 is 0 Å². The zero-order chi connectivity index (χ0) is 37.4. The van der Waals surface area contributed by atoms with Gasteiger partial charge in [-0.1, -0.05) is 114 Å². The number of hydrogen-bond donors (Lipinski definition) is 0. The van der Waals surface area contributed by atoms with Crippen LogP contribution in [0.2, 0.25) is 0 Å². The van der Waals surface area contributed by atoms with Crippen LogP contribution in [-0.4, -0.2) is 54.2 Å². The highest BCUT2D eigenvalue weighted by atomic mass is 32.1. The number of aromatic nitrogens is 3. The lowest BCUT2D eigenvalue weighted by atomic mass is 9.59. The molecule has 3 aromatic heterocycles. The average Bonchev–Trinajstić information content (AvgIpc) is 3.81. The molecular formula is C45H22B5N3OS. The van der Waals surface area contributed by atoms with Crippen molar-refractivity contribution in [1.82, 2.24) is 15.0 Å². The lowest BCUT2D eigenvalue weighted by molar-refractivity contribution is 0.670. The maximum Gasteiger partial charge on any atom is 0.164 e. The van der Waals surface area contributed by atoms with Gasteiger partial charge >= 0.3 is 0 Å². The van der Waals surface area contributed by atoms with Gasteiger partial charge in [-0.15, -0.1) is 27.7 Å². The Morgan fingerprint density at radius 1 is 0.418 bits per heavy atom. The van der Waals surface area contributed by atoms with Crippen molar-refractivity contribution in [1.29, 1.82) is 0 Å². The van der Waals surface area contributed by atoms with E-state index in [0.29, 0.717) is 28.6 Å². The number of nitrogens with zero attached hydrogens (tertiary/aromatic N) is 3. The summed E-state index contributed by atoms with van der Waals surface area (Å²) in [5, 5.41) is 4.48. The Morgan fingerprint density at radius 3 is 1.75 bits per heavy atom. The van der Waals surface area contributed by atoms with E-state index in [0.717, 1.165) is 49.8 Å². The van der Waals surface area contributed by atoms with Gasteiger partial charge in [0.15, 0.2) is 17.5 Å². The first kappa shape index (κ1) is 33.5. The normalized spacial score (nSPS) is 11.6. The summed E-state index contributed by atoms with van der Waals surface area (Å²) < 4.78 is 9.14. The second-order valence-electron chi connectivity index (χ2n) is 13.5. The van der Waals surface area contributed by atoms with E-state index in [1.165, 1.54) is 20.2 Å². The predicted molar refractivity (Wildman–Crippen MR) is 234 cm³/mol. The van der Waals surface area contributed by atoms with E-state index in [2.05, 4.69) is 66.7 Å². The van der Waals surface area contributed by atoms with Crippen molar-refractivity contribution in [2.45, 2.75) is 0 Å². The number of benzene rings is 7. The Morgan fingerprint density at radius 2 is 0.982 bits per heavy atom. The van der Waals surface area contributed by atoms with Crippen LogP contribution in [0.3, 0.4) is 0 Å². The average molecular weight is 707 g/mol. The van der Waals surface area contributed by atoms with Crippen molar-refractivity contribution in [3.05, 3.63) is 133 Å². The molecule has 0 N–H and O–H groups in total. The number of fused-ring (bicyclic) bond motifs is 6. The van der Waals surface area contributed by atoms with Crippen molar-refractivity contribution in [2.75, 3.05) is 0 Å². The fraction of sp³-hybridized carbons (Fsp3) is 0. The van der Waals surface area contributed by atoms with Gasteiger partial charge in [0.1, 0.15) is 50.4 Å². The van der Waals surface area contributed by atoms with Crippen LogP contribution in [0.15, 0.2) is 138 Å². The Kier molecular flexibility index (Phi) is 7.93. The van der Waals surface area contributed by atoms with Gasteiger partial charge in [-0.05, 0) is 41.5 Å². The lowest BCUT2D eigenvalue weighted by Gasteiger charge is -2.21. The summed E-state index contributed by atoms with van der Waals surface area (Å²) in [6.07, 6.45) is 0.